The van der Waals surface area contributed by atoms with Gasteiger partial charge in [0.2, 0.25) is 0 Å². The van der Waals surface area contributed by atoms with Gasteiger partial charge in [0.15, 0.2) is 0 Å². The molecule has 0 aliphatic rings. The van der Waals surface area contributed by atoms with Crippen molar-refractivity contribution in [2.45, 2.75) is 0 Å². The van der Waals surface area contributed by atoms with Crippen molar-refractivity contribution in [3.63, 3.8) is 0 Å². The van der Waals surface area contributed by atoms with E-state index in [9.17, 15) is 0 Å². The van der Waals surface area contributed by atoms with Crippen molar-refractivity contribution in [1.29, 1.82) is 0 Å². The summed E-state index contributed by atoms with van der Waals surface area (Å²) in [6, 6.07) is 23.4. The first-order valence-corrected chi connectivity index (χ1v) is 8.02. The van der Waals surface area contributed by atoms with Gasteiger partial charge in [-0.1, -0.05) is 71.7 Å². The molecule has 1 nitrogen and oxygen atoms in total. The summed E-state index contributed by atoms with van der Waals surface area (Å²) in [5.74, 6) is 0.741. The molecule has 0 aliphatic carbocycles. The molecule has 3 aromatic carbocycles. The highest BCUT2D eigenvalue weighted by molar-refractivity contribution is 6.35. The summed E-state index contributed by atoms with van der Waals surface area (Å²) in [7, 11) is 0. The van der Waals surface area contributed by atoms with Gasteiger partial charge in [-0.25, -0.2) is 0 Å². The second-order valence-corrected chi connectivity index (χ2v) is 6.08. The van der Waals surface area contributed by atoms with Crippen LogP contribution in [-0.2, 0) is 0 Å². The van der Waals surface area contributed by atoms with Crippen LogP contribution in [0.25, 0.3) is 33.4 Å². The number of hydrogen-bond donors (Lipinski definition) is 0. The number of benzene rings is 3. The number of fused-ring (bicyclic) bond motifs is 1. The van der Waals surface area contributed by atoms with Crippen LogP contribution < -0.4 is 0 Å². The van der Waals surface area contributed by atoms with E-state index in [1.807, 2.05) is 72.8 Å². The Labute approximate surface area is 144 Å². The first kappa shape index (κ1) is 14.4. The van der Waals surface area contributed by atoms with E-state index in [2.05, 4.69) is 0 Å². The van der Waals surface area contributed by atoms with Gasteiger partial charge in [-0.2, -0.15) is 0 Å². The number of halogens is 2. The standard InChI is InChI=1S/C20H12Cl2O/c21-16-10-4-1-7-13(16)19-15-9-3-6-12-18(15)23-20(19)14-8-2-5-11-17(14)22/h1-12H. The zero-order valence-electron chi connectivity index (χ0n) is 12.1. The quantitative estimate of drug-likeness (QED) is 0.380. The van der Waals surface area contributed by atoms with Crippen molar-refractivity contribution in [2.24, 2.45) is 0 Å². The van der Waals surface area contributed by atoms with Crippen molar-refractivity contribution in [3.05, 3.63) is 82.8 Å². The summed E-state index contributed by atoms with van der Waals surface area (Å²) < 4.78 is 6.13. The van der Waals surface area contributed by atoms with Crippen molar-refractivity contribution >= 4 is 34.2 Å². The fourth-order valence-corrected chi connectivity index (χ4v) is 3.26. The molecule has 0 atom stereocenters. The first-order chi connectivity index (χ1) is 11.3. The van der Waals surface area contributed by atoms with Gasteiger partial charge < -0.3 is 4.42 Å². The third kappa shape index (κ3) is 2.42. The Bertz CT molecular complexity index is 1000. The average Bonchev–Trinajstić information content (AvgIpc) is 2.95. The molecule has 0 saturated carbocycles. The van der Waals surface area contributed by atoms with Crippen LogP contribution in [0.15, 0.2) is 77.2 Å². The van der Waals surface area contributed by atoms with Crippen LogP contribution in [0.3, 0.4) is 0 Å². The molecule has 0 amide bonds. The van der Waals surface area contributed by atoms with Crippen LogP contribution in [0.5, 0.6) is 0 Å². The predicted octanol–water partition coefficient (Wildman–Crippen LogP) is 7.07. The lowest BCUT2D eigenvalue weighted by Crippen LogP contribution is -1.83. The summed E-state index contributed by atoms with van der Waals surface area (Å²) in [5.41, 5.74) is 3.59. The van der Waals surface area contributed by atoms with Gasteiger partial charge in [-0.15, -0.1) is 0 Å². The number of para-hydroxylation sites is 1. The van der Waals surface area contributed by atoms with Gasteiger partial charge in [0.05, 0.1) is 5.02 Å². The lowest BCUT2D eigenvalue weighted by atomic mass is 9.98. The molecular formula is C20H12Cl2O. The summed E-state index contributed by atoms with van der Waals surface area (Å²) >= 11 is 12.8. The molecule has 1 heterocycles. The molecule has 0 spiro atoms. The Morgan fingerprint density at radius 3 is 1.87 bits per heavy atom. The Morgan fingerprint density at radius 1 is 0.609 bits per heavy atom. The maximum atomic E-state index is 6.44. The zero-order chi connectivity index (χ0) is 15.8. The summed E-state index contributed by atoms with van der Waals surface area (Å²) in [5, 5.41) is 2.36. The van der Waals surface area contributed by atoms with Crippen molar-refractivity contribution in [2.75, 3.05) is 0 Å². The molecule has 0 unspecified atom stereocenters. The van der Waals surface area contributed by atoms with Crippen LogP contribution >= 0.6 is 23.2 Å². The normalized spacial score (nSPS) is 11.0. The van der Waals surface area contributed by atoms with Crippen LogP contribution in [0.2, 0.25) is 10.0 Å². The van der Waals surface area contributed by atoms with Gasteiger partial charge in [0, 0.05) is 27.1 Å². The molecule has 3 heteroatoms. The minimum atomic E-state index is 0.653. The maximum absolute atomic E-state index is 6.44. The Hall–Kier alpha value is -2.22. The maximum Gasteiger partial charge on any atom is 0.144 e. The molecule has 0 radical (unpaired) electrons. The molecule has 0 fully saturated rings. The highest BCUT2D eigenvalue weighted by Gasteiger charge is 2.20. The molecule has 23 heavy (non-hydrogen) atoms. The van der Waals surface area contributed by atoms with E-state index in [1.165, 1.54) is 0 Å². The second kappa shape index (κ2) is 5.77. The van der Waals surface area contributed by atoms with E-state index in [1.54, 1.807) is 0 Å². The summed E-state index contributed by atoms with van der Waals surface area (Å²) in [4.78, 5) is 0. The van der Waals surface area contributed by atoms with Crippen LogP contribution in [0.1, 0.15) is 0 Å². The van der Waals surface area contributed by atoms with Gasteiger partial charge in [-0.05, 0) is 24.3 Å². The number of rotatable bonds is 2. The number of furan rings is 1. The fourth-order valence-electron chi connectivity index (χ4n) is 2.81. The predicted molar refractivity (Wildman–Crippen MR) is 97.1 cm³/mol. The van der Waals surface area contributed by atoms with Crippen LogP contribution in [-0.4, -0.2) is 0 Å². The molecular weight excluding hydrogens is 327 g/mol. The Kier molecular flexibility index (Phi) is 3.60. The van der Waals surface area contributed by atoms with E-state index >= 15 is 0 Å². The molecule has 4 rings (SSSR count). The van der Waals surface area contributed by atoms with Gasteiger partial charge in [0.1, 0.15) is 11.3 Å². The average molecular weight is 339 g/mol. The Morgan fingerprint density at radius 2 is 1.17 bits per heavy atom. The SMILES string of the molecule is Clc1ccccc1-c1oc2ccccc2c1-c1ccccc1Cl. The number of hydrogen-bond acceptors (Lipinski definition) is 1. The lowest BCUT2D eigenvalue weighted by Gasteiger charge is -2.07. The lowest BCUT2D eigenvalue weighted by molar-refractivity contribution is 0.632. The Balaban J connectivity index is 2.12. The topological polar surface area (TPSA) is 13.1 Å². The van der Waals surface area contributed by atoms with E-state index in [4.69, 9.17) is 27.6 Å². The van der Waals surface area contributed by atoms with E-state index in [0.29, 0.717) is 10.0 Å². The van der Waals surface area contributed by atoms with Crippen molar-refractivity contribution in [3.8, 4) is 22.5 Å². The minimum Gasteiger partial charge on any atom is -0.455 e. The van der Waals surface area contributed by atoms with E-state index in [-0.39, 0.29) is 0 Å². The van der Waals surface area contributed by atoms with Crippen LogP contribution in [0, 0.1) is 0 Å². The molecule has 112 valence electrons. The first-order valence-electron chi connectivity index (χ1n) is 7.27. The molecule has 0 bridgehead atoms. The highest BCUT2D eigenvalue weighted by Crippen LogP contribution is 2.44. The molecule has 1 aromatic heterocycles. The largest absolute Gasteiger partial charge is 0.455 e. The monoisotopic (exact) mass is 338 g/mol. The second-order valence-electron chi connectivity index (χ2n) is 5.26. The third-order valence-corrected chi connectivity index (χ3v) is 4.52. The molecule has 0 saturated heterocycles. The molecule has 0 aliphatic heterocycles. The molecule has 0 N–H and O–H groups in total. The van der Waals surface area contributed by atoms with Gasteiger partial charge >= 0.3 is 0 Å². The van der Waals surface area contributed by atoms with E-state index in [0.717, 1.165) is 33.4 Å². The minimum absolute atomic E-state index is 0.653. The van der Waals surface area contributed by atoms with Gasteiger partial charge in [0.25, 0.3) is 0 Å². The van der Waals surface area contributed by atoms with Gasteiger partial charge in [-0.3, -0.25) is 0 Å². The molecule has 4 aromatic rings. The highest BCUT2D eigenvalue weighted by atomic mass is 35.5. The zero-order valence-corrected chi connectivity index (χ0v) is 13.6. The fraction of sp³-hybridized carbons (Fsp3) is 0. The van der Waals surface area contributed by atoms with E-state index < -0.39 is 0 Å². The van der Waals surface area contributed by atoms with Crippen LogP contribution in [0.4, 0.5) is 0 Å². The van der Waals surface area contributed by atoms with Crippen molar-refractivity contribution < 1.29 is 4.42 Å². The summed E-state index contributed by atoms with van der Waals surface area (Å²) in [6.45, 7) is 0. The van der Waals surface area contributed by atoms with Crippen molar-refractivity contribution in [1.82, 2.24) is 0 Å². The summed E-state index contributed by atoms with van der Waals surface area (Å²) in [6.07, 6.45) is 0. The smallest absolute Gasteiger partial charge is 0.144 e. The third-order valence-electron chi connectivity index (χ3n) is 3.86.